The quantitative estimate of drug-likeness (QED) is 0.0342. The number of fused-ring (bicyclic) bond motifs is 1. The number of anilines is 4. The standard InChI is InChI=1S/C34H25N9O5S.3Na.2O3S/c35-21-8-16-26(30(44)18-21)41-39-24-11-9-22(10-12-24)37-27-17-13-25(19-31(27)49(46,47)48)40-42-28-14-6-20-7-15-29(34(45)32(20)33(28)36)43-38-23-4-2-1-3-5-23;;;;2*1-4(2)3/h1-5,7-14,16-19,37,44-45H,35-36H2,(H,46,47,48);;;;;/q-2;3*+1;;/p-1. The summed E-state index contributed by atoms with van der Waals surface area (Å²) in [6.07, 6.45) is 0. The summed E-state index contributed by atoms with van der Waals surface area (Å²) >= 11 is 0. The first kappa shape index (κ1) is 53.5. The largest absolute Gasteiger partial charge is 1.00 e. The number of nitrogen functional groups attached to an aromatic ring is 2. The van der Waals surface area contributed by atoms with Gasteiger partial charge < -0.3 is 31.5 Å². The molecule has 0 radical (unpaired) electrons. The van der Waals surface area contributed by atoms with Crippen LogP contribution in [0.25, 0.3) is 10.8 Å². The third-order valence-electron chi connectivity index (χ3n) is 6.94. The second-order valence-corrected chi connectivity index (χ2v) is 12.9. The molecule has 6 rings (SSSR count). The molecule has 0 saturated carbocycles. The van der Waals surface area contributed by atoms with Crippen molar-refractivity contribution in [1.29, 1.82) is 0 Å². The van der Waals surface area contributed by atoms with E-state index in [2.05, 4.69) is 48.1 Å². The molecule has 0 bridgehead atoms. The van der Waals surface area contributed by atoms with Crippen molar-refractivity contribution in [1.82, 2.24) is 0 Å². The molecule has 0 unspecified atom stereocenters. The zero-order chi connectivity index (χ0) is 41.7. The molecule has 0 aliphatic rings. The number of azo groups is 3. The van der Waals surface area contributed by atoms with Crippen LogP contribution >= 0.6 is 0 Å². The molecule has 0 atom stereocenters. The molecule has 20 nitrogen and oxygen atoms in total. The molecular formula is C34H24N9Na3O11S3. The minimum absolute atomic E-state index is 0. The second kappa shape index (κ2) is 25.3. The summed E-state index contributed by atoms with van der Waals surface area (Å²) in [6.45, 7) is 0. The van der Waals surface area contributed by atoms with Gasteiger partial charge >= 0.3 is 110 Å². The summed E-state index contributed by atoms with van der Waals surface area (Å²) in [7, 11) is -11.2. The van der Waals surface area contributed by atoms with Crippen LogP contribution in [0.5, 0.6) is 11.5 Å². The van der Waals surface area contributed by atoms with Crippen molar-refractivity contribution in [3.8, 4) is 11.5 Å². The molecule has 0 aliphatic heterocycles. The van der Waals surface area contributed by atoms with E-state index in [1.54, 1.807) is 60.7 Å². The SMILES string of the molecule is Nc1ccc(N=Nc2ccc(Nc3ccc(N=Nc4c[c-]c5c[c-]c(N=Nc6ccccc6)c(O)c5c4N)cc3S(=O)(=O)[O-])cc2)c(O)c1.O=S(=O)=O.O=S(=O)=O.[Na+].[Na+].[Na+]. The first-order valence-corrected chi connectivity index (χ1v) is 18.7. The third-order valence-corrected chi connectivity index (χ3v) is 7.82. The van der Waals surface area contributed by atoms with Gasteiger partial charge in [0.1, 0.15) is 21.6 Å². The molecule has 0 fully saturated rings. The molecule has 292 valence electrons. The molecule has 0 aromatic heterocycles. The van der Waals surface area contributed by atoms with Gasteiger partial charge in [-0.15, -0.1) is 36.4 Å². The van der Waals surface area contributed by atoms with Crippen molar-refractivity contribution < 1.29 is 137 Å². The topological polar surface area (TPSA) is 338 Å². The number of hydrogen-bond acceptors (Lipinski definition) is 20. The van der Waals surface area contributed by atoms with Gasteiger partial charge in [-0.25, -0.2) is 32.0 Å². The molecule has 0 amide bonds. The zero-order valence-electron chi connectivity index (χ0n) is 31.4. The summed E-state index contributed by atoms with van der Waals surface area (Å²) in [5, 5.41) is 48.9. The summed E-state index contributed by atoms with van der Waals surface area (Å²) in [5.74, 6) is -0.402. The number of nitrogens with two attached hydrogens (primary N) is 2. The molecule has 6 aromatic carbocycles. The monoisotopic (exact) mass is 899 g/mol. The smallest absolute Gasteiger partial charge is 0.744 e. The Balaban J connectivity index is 0.00000150. The fraction of sp³-hybridized carbons (Fsp3) is 0. The number of phenols is 2. The third kappa shape index (κ3) is 16.5. The predicted octanol–water partition coefficient (Wildman–Crippen LogP) is -2.09. The van der Waals surface area contributed by atoms with E-state index in [0.29, 0.717) is 28.1 Å². The Kier molecular flexibility index (Phi) is 22.6. The van der Waals surface area contributed by atoms with E-state index in [1.807, 2.05) is 6.07 Å². The summed E-state index contributed by atoms with van der Waals surface area (Å²) in [5.41, 5.74) is 14.3. The van der Waals surface area contributed by atoms with Crippen molar-refractivity contribution in [2.75, 3.05) is 16.8 Å². The van der Waals surface area contributed by atoms with Crippen LogP contribution in [0.1, 0.15) is 0 Å². The average Bonchev–Trinajstić information content (AvgIpc) is 3.14. The zero-order valence-corrected chi connectivity index (χ0v) is 39.9. The molecule has 60 heavy (non-hydrogen) atoms. The van der Waals surface area contributed by atoms with Crippen LogP contribution in [0, 0.1) is 12.1 Å². The minimum atomic E-state index is -4.95. The molecule has 7 N–H and O–H groups in total. The van der Waals surface area contributed by atoms with Crippen LogP contribution in [-0.4, -0.2) is 48.4 Å². The van der Waals surface area contributed by atoms with E-state index in [-0.39, 0.29) is 140 Å². The summed E-state index contributed by atoms with van der Waals surface area (Å²) in [6, 6.07) is 32.5. The van der Waals surface area contributed by atoms with Gasteiger partial charge in [0.2, 0.25) is 0 Å². The number of nitrogens with one attached hydrogen (secondary N) is 1. The van der Waals surface area contributed by atoms with Crippen molar-refractivity contribution in [3.63, 3.8) is 0 Å². The number of hydrogen-bond donors (Lipinski definition) is 5. The Morgan fingerprint density at radius 2 is 1.18 bits per heavy atom. The van der Waals surface area contributed by atoms with E-state index in [1.165, 1.54) is 30.3 Å². The normalized spacial score (nSPS) is 10.6. The van der Waals surface area contributed by atoms with Crippen molar-refractivity contribution >= 4 is 99.0 Å². The molecule has 0 spiro atoms. The first-order chi connectivity index (χ1) is 27.0. The molecule has 26 heteroatoms. The van der Waals surface area contributed by atoms with Crippen LogP contribution in [-0.2, 0) is 31.3 Å². The van der Waals surface area contributed by atoms with E-state index in [9.17, 15) is 23.2 Å². The fourth-order valence-electron chi connectivity index (χ4n) is 4.53. The van der Waals surface area contributed by atoms with Gasteiger partial charge in [-0.3, -0.25) is 0 Å². The van der Waals surface area contributed by atoms with Gasteiger partial charge in [0.15, 0.2) is 0 Å². The number of aromatic hydroxyl groups is 2. The van der Waals surface area contributed by atoms with Gasteiger partial charge in [0.05, 0.1) is 27.6 Å². The summed E-state index contributed by atoms with van der Waals surface area (Å²) in [4.78, 5) is -0.564. The van der Waals surface area contributed by atoms with Crippen LogP contribution in [0.4, 0.5) is 56.9 Å². The van der Waals surface area contributed by atoms with E-state index < -0.39 is 36.2 Å². The number of benzene rings is 6. The minimum Gasteiger partial charge on any atom is -0.744 e. The number of nitrogens with zero attached hydrogens (tertiary/aromatic N) is 6. The van der Waals surface area contributed by atoms with Gasteiger partial charge in [0.25, 0.3) is 0 Å². The molecular weight excluding hydrogens is 876 g/mol. The Hall–Kier alpha value is -4.47. The van der Waals surface area contributed by atoms with Crippen molar-refractivity contribution in [3.05, 3.63) is 115 Å². The molecule has 6 aromatic rings. The fourth-order valence-corrected chi connectivity index (χ4v) is 5.18. The molecule has 0 saturated heterocycles. The number of rotatable bonds is 9. The van der Waals surface area contributed by atoms with Crippen LogP contribution in [0.3, 0.4) is 0 Å². The average molecular weight is 900 g/mol. The van der Waals surface area contributed by atoms with Crippen molar-refractivity contribution in [2.24, 2.45) is 30.7 Å². The summed E-state index contributed by atoms with van der Waals surface area (Å²) < 4.78 is 87.3. The second-order valence-electron chi connectivity index (χ2n) is 10.8. The molecule has 0 heterocycles. The van der Waals surface area contributed by atoms with Gasteiger partial charge in [-0.05, 0) is 83.9 Å². The Morgan fingerprint density at radius 3 is 1.78 bits per heavy atom. The van der Waals surface area contributed by atoms with Crippen molar-refractivity contribution in [2.45, 2.75) is 4.90 Å². The van der Waals surface area contributed by atoms with E-state index in [4.69, 9.17) is 36.7 Å². The Labute approximate surface area is 410 Å². The maximum atomic E-state index is 12.2. The molecule has 0 aliphatic carbocycles. The van der Waals surface area contributed by atoms with Crippen LogP contribution in [0.15, 0.2) is 139 Å². The Morgan fingerprint density at radius 1 is 0.633 bits per heavy atom. The van der Waals surface area contributed by atoms with E-state index in [0.717, 1.165) is 6.07 Å². The maximum Gasteiger partial charge on any atom is 1.00 e. The first-order valence-electron chi connectivity index (χ1n) is 15.3. The predicted molar refractivity (Wildman–Crippen MR) is 203 cm³/mol. The number of phenolic OH excluding ortho intramolecular Hbond substituents is 2. The van der Waals surface area contributed by atoms with Crippen LogP contribution in [0.2, 0.25) is 0 Å². The van der Waals surface area contributed by atoms with Gasteiger partial charge in [0, 0.05) is 23.1 Å². The van der Waals surface area contributed by atoms with Crippen LogP contribution < -0.4 is 105 Å². The maximum absolute atomic E-state index is 12.2. The Bertz CT molecular complexity index is 2840. The van der Waals surface area contributed by atoms with Gasteiger partial charge in [-0.1, -0.05) is 18.2 Å². The van der Waals surface area contributed by atoms with Gasteiger partial charge in [-0.2, -0.15) is 31.0 Å². The van der Waals surface area contributed by atoms with E-state index >= 15 is 0 Å².